The number of rotatable bonds is 6. The van der Waals surface area contributed by atoms with E-state index in [0.717, 1.165) is 22.3 Å². The Kier molecular flexibility index (Phi) is 4.73. The number of nitrogens with zero attached hydrogens (tertiary/aromatic N) is 2. The van der Waals surface area contributed by atoms with Crippen LogP contribution < -0.4 is 5.32 Å². The van der Waals surface area contributed by atoms with Crippen LogP contribution >= 0.6 is 0 Å². The topological polar surface area (TPSA) is 75.4 Å². The number of hydrogen-bond donors (Lipinski definition) is 1. The number of amides is 2. The summed E-state index contributed by atoms with van der Waals surface area (Å²) in [5, 5.41) is 6.76. The fourth-order valence-electron chi connectivity index (χ4n) is 3.90. The van der Waals surface area contributed by atoms with Crippen molar-refractivity contribution in [2.75, 3.05) is 6.54 Å². The van der Waals surface area contributed by atoms with Crippen molar-refractivity contribution < 1.29 is 14.1 Å². The molecule has 1 aliphatic carbocycles. The van der Waals surface area contributed by atoms with Crippen LogP contribution in [0, 0.1) is 18.8 Å². The zero-order valence-electron chi connectivity index (χ0n) is 16.9. The molecule has 1 aromatic carbocycles. The first kappa shape index (κ1) is 18.7. The third kappa shape index (κ3) is 3.43. The summed E-state index contributed by atoms with van der Waals surface area (Å²) in [5.74, 6) is 1.44. The first-order valence-electron chi connectivity index (χ1n) is 10.0. The van der Waals surface area contributed by atoms with Crippen LogP contribution in [-0.2, 0) is 6.54 Å². The van der Waals surface area contributed by atoms with Gasteiger partial charge in [0.2, 0.25) is 0 Å². The minimum absolute atomic E-state index is 0.129. The van der Waals surface area contributed by atoms with E-state index in [-0.39, 0.29) is 23.6 Å². The van der Waals surface area contributed by atoms with Crippen molar-refractivity contribution in [2.45, 2.75) is 53.1 Å². The molecular weight excluding hydrogens is 354 g/mol. The Balaban J connectivity index is 1.57. The van der Waals surface area contributed by atoms with Crippen molar-refractivity contribution >= 4 is 11.8 Å². The van der Waals surface area contributed by atoms with Crippen molar-refractivity contribution in [1.82, 2.24) is 15.4 Å². The Morgan fingerprint density at radius 1 is 1.29 bits per heavy atom. The number of aromatic nitrogens is 1. The maximum absolute atomic E-state index is 12.9. The van der Waals surface area contributed by atoms with E-state index in [1.54, 1.807) is 6.07 Å². The number of aryl methyl sites for hydroxylation is 1. The van der Waals surface area contributed by atoms with Crippen molar-refractivity contribution in [3.63, 3.8) is 0 Å². The van der Waals surface area contributed by atoms with Crippen LogP contribution in [0.1, 0.15) is 65.6 Å². The van der Waals surface area contributed by atoms with Gasteiger partial charge < -0.3 is 14.7 Å². The van der Waals surface area contributed by atoms with Crippen molar-refractivity contribution in [1.29, 1.82) is 0 Å². The molecule has 6 nitrogen and oxygen atoms in total. The maximum Gasteiger partial charge on any atom is 0.273 e. The van der Waals surface area contributed by atoms with Crippen LogP contribution in [0.2, 0.25) is 0 Å². The van der Waals surface area contributed by atoms with E-state index in [1.807, 2.05) is 37.8 Å². The Bertz CT molecular complexity index is 927. The number of benzene rings is 1. The highest BCUT2D eigenvalue weighted by Gasteiger charge is 2.39. The lowest BCUT2D eigenvalue weighted by atomic mass is 9.99. The smallest absolute Gasteiger partial charge is 0.273 e. The second kappa shape index (κ2) is 7.08. The molecule has 1 atom stereocenters. The first-order chi connectivity index (χ1) is 13.3. The lowest BCUT2D eigenvalue weighted by Crippen LogP contribution is -2.34. The van der Waals surface area contributed by atoms with Gasteiger partial charge in [-0.2, -0.15) is 0 Å². The molecule has 0 saturated heterocycles. The van der Waals surface area contributed by atoms with Gasteiger partial charge in [0, 0.05) is 36.3 Å². The van der Waals surface area contributed by atoms with E-state index in [9.17, 15) is 9.59 Å². The highest BCUT2D eigenvalue weighted by molar-refractivity contribution is 6.00. The van der Waals surface area contributed by atoms with E-state index >= 15 is 0 Å². The molecule has 2 amide bonds. The van der Waals surface area contributed by atoms with Crippen LogP contribution in [0.15, 0.2) is 22.7 Å². The second-order valence-electron chi connectivity index (χ2n) is 8.52. The minimum atomic E-state index is -0.235. The molecule has 0 bridgehead atoms. The molecule has 0 radical (unpaired) electrons. The number of nitrogens with one attached hydrogen (secondary N) is 1. The summed E-state index contributed by atoms with van der Waals surface area (Å²) in [6.45, 7) is 9.41. The summed E-state index contributed by atoms with van der Waals surface area (Å²) in [4.78, 5) is 27.1. The monoisotopic (exact) mass is 381 g/mol. The molecule has 1 saturated carbocycles. The molecule has 2 aliphatic rings. The zero-order valence-corrected chi connectivity index (χ0v) is 16.9. The fourth-order valence-corrected chi connectivity index (χ4v) is 3.90. The average Bonchev–Trinajstić information content (AvgIpc) is 3.28. The number of fused-ring (bicyclic) bond motifs is 1. The van der Waals surface area contributed by atoms with Crippen molar-refractivity contribution in [2.24, 2.45) is 11.8 Å². The van der Waals surface area contributed by atoms with Gasteiger partial charge in [-0.3, -0.25) is 9.59 Å². The molecule has 1 fully saturated rings. The Morgan fingerprint density at radius 3 is 2.71 bits per heavy atom. The maximum atomic E-state index is 12.9. The first-order valence-corrected chi connectivity index (χ1v) is 10.0. The highest BCUT2D eigenvalue weighted by atomic mass is 16.5. The average molecular weight is 381 g/mol. The van der Waals surface area contributed by atoms with Crippen LogP contribution in [-0.4, -0.2) is 34.5 Å². The summed E-state index contributed by atoms with van der Waals surface area (Å²) in [5.41, 5.74) is 3.89. The summed E-state index contributed by atoms with van der Waals surface area (Å²) in [7, 11) is 0. The lowest BCUT2D eigenvalue weighted by Gasteiger charge is -2.24. The van der Waals surface area contributed by atoms with Crippen LogP contribution in [0.25, 0.3) is 11.3 Å². The highest BCUT2D eigenvalue weighted by Crippen LogP contribution is 2.39. The number of carbonyl (C=O) groups is 2. The molecule has 28 heavy (non-hydrogen) atoms. The van der Waals surface area contributed by atoms with Crippen molar-refractivity contribution in [3.05, 3.63) is 40.6 Å². The van der Waals surface area contributed by atoms with Gasteiger partial charge in [0.1, 0.15) is 0 Å². The van der Waals surface area contributed by atoms with Gasteiger partial charge in [0.25, 0.3) is 11.8 Å². The second-order valence-corrected chi connectivity index (χ2v) is 8.52. The predicted octanol–water partition coefficient (Wildman–Crippen LogP) is 3.79. The third-order valence-electron chi connectivity index (χ3n) is 5.73. The number of hydrogen-bond acceptors (Lipinski definition) is 4. The van der Waals surface area contributed by atoms with Crippen molar-refractivity contribution in [3.8, 4) is 11.3 Å². The standard InChI is InChI=1S/C22H27N3O3/c1-12(2)10-23-21(26)18-9-19(28-24-18)16-7-13(3)20-17(8-16)11-25(22(20)27)14(4)15-5-6-15/h7-9,12,14-15H,5-6,10-11H2,1-4H3,(H,23,26)/t14-/m0/s1. The third-order valence-corrected chi connectivity index (χ3v) is 5.73. The van der Waals surface area contributed by atoms with Crippen LogP contribution in [0.5, 0.6) is 0 Å². The molecule has 1 aromatic heterocycles. The SMILES string of the molecule is Cc1cc(-c2cc(C(=O)NCC(C)C)no2)cc2c1C(=O)N([C@@H](C)C1CC1)C2. The molecule has 2 heterocycles. The summed E-state index contributed by atoms with van der Waals surface area (Å²) < 4.78 is 5.43. The van der Waals surface area contributed by atoms with Gasteiger partial charge in [0.05, 0.1) is 0 Å². The Labute approximate surface area is 165 Å². The van der Waals surface area contributed by atoms with Gasteiger partial charge in [-0.05, 0) is 61.8 Å². The normalized spacial score (nSPS) is 17.2. The van der Waals surface area contributed by atoms with Gasteiger partial charge in [-0.25, -0.2) is 0 Å². The van der Waals surface area contributed by atoms with Gasteiger partial charge in [0.15, 0.2) is 11.5 Å². The molecule has 1 N–H and O–H groups in total. The zero-order chi connectivity index (χ0) is 20.0. The Morgan fingerprint density at radius 2 is 2.04 bits per heavy atom. The molecule has 0 spiro atoms. The van der Waals surface area contributed by atoms with E-state index < -0.39 is 0 Å². The molecule has 4 rings (SSSR count). The van der Waals surface area contributed by atoms with E-state index in [2.05, 4.69) is 17.4 Å². The van der Waals surface area contributed by atoms with Gasteiger partial charge >= 0.3 is 0 Å². The number of carbonyl (C=O) groups excluding carboxylic acids is 2. The quantitative estimate of drug-likeness (QED) is 0.826. The molecule has 0 unspecified atom stereocenters. The summed E-state index contributed by atoms with van der Waals surface area (Å²) in [6.07, 6.45) is 2.43. The van der Waals surface area contributed by atoms with Gasteiger partial charge in [-0.1, -0.05) is 19.0 Å². The summed E-state index contributed by atoms with van der Waals surface area (Å²) >= 11 is 0. The predicted molar refractivity (Wildman–Crippen MR) is 106 cm³/mol. The van der Waals surface area contributed by atoms with Gasteiger partial charge in [-0.15, -0.1) is 0 Å². The molecule has 6 heteroatoms. The lowest BCUT2D eigenvalue weighted by molar-refractivity contribution is 0.0696. The largest absolute Gasteiger partial charge is 0.355 e. The molecular formula is C22H27N3O3. The summed E-state index contributed by atoms with van der Waals surface area (Å²) in [6, 6.07) is 5.89. The minimum Gasteiger partial charge on any atom is -0.355 e. The van der Waals surface area contributed by atoms with E-state index in [4.69, 9.17) is 4.52 Å². The molecule has 2 aromatic rings. The Hall–Kier alpha value is -2.63. The molecule has 148 valence electrons. The van der Waals surface area contributed by atoms with E-state index in [1.165, 1.54) is 12.8 Å². The molecule has 1 aliphatic heterocycles. The fraction of sp³-hybridized carbons (Fsp3) is 0.500. The van der Waals surface area contributed by atoms with Crippen LogP contribution in [0.3, 0.4) is 0 Å². The van der Waals surface area contributed by atoms with E-state index in [0.29, 0.717) is 30.7 Å². The van der Waals surface area contributed by atoms with Crippen LogP contribution in [0.4, 0.5) is 0 Å².